The van der Waals surface area contributed by atoms with E-state index >= 15 is 0 Å². The van der Waals surface area contributed by atoms with Crippen molar-refractivity contribution in [2.75, 3.05) is 0 Å². The van der Waals surface area contributed by atoms with Crippen LogP contribution in [0.4, 0.5) is 17.6 Å². The molecule has 1 unspecified atom stereocenters. The molecule has 2 aromatic rings. The summed E-state index contributed by atoms with van der Waals surface area (Å²) in [5.74, 6) is -4.72. The fourth-order valence-electron chi connectivity index (χ4n) is 2.43. The monoisotopic (exact) mass is 440 g/mol. The third-order valence-corrected chi connectivity index (χ3v) is 4.96. The lowest BCUT2D eigenvalue weighted by Crippen LogP contribution is -2.19. The first-order chi connectivity index (χ1) is 12.4. The van der Waals surface area contributed by atoms with Gasteiger partial charge >= 0.3 is 12.1 Å². The van der Waals surface area contributed by atoms with E-state index in [-0.39, 0.29) is 37.3 Å². The SMILES string of the molecule is Cc1cc(C(F)=CC(c2cc(Cl)c(Cl)c(Cl)c2)C(F)(F)F)ccc1C(=O)O. The van der Waals surface area contributed by atoms with Crippen molar-refractivity contribution in [3.8, 4) is 0 Å². The minimum atomic E-state index is -4.83. The summed E-state index contributed by atoms with van der Waals surface area (Å²) in [6.45, 7) is 1.42. The highest BCUT2D eigenvalue weighted by atomic mass is 35.5. The highest BCUT2D eigenvalue weighted by Crippen LogP contribution is 2.42. The topological polar surface area (TPSA) is 37.3 Å². The van der Waals surface area contributed by atoms with E-state index in [1.54, 1.807) is 0 Å². The summed E-state index contributed by atoms with van der Waals surface area (Å²) in [6, 6.07) is 5.31. The summed E-state index contributed by atoms with van der Waals surface area (Å²) < 4.78 is 55.0. The van der Waals surface area contributed by atoms with Crippen molar-refractivity contribution in [1.82, 2.24) is 0 Å². The third kappa shape index (κ3) is 4.94. The molecule has 144 valence electrons. The summed E-state index contributed by atoms with van der Waals surface area (Å²) in [6.07, 6.45) is -4.45. The Hall–Kier alpha value is -1.76. The van der Waals surface area contributed by atoms with Crippen molar-refractivity contribution in [2.45, 2.75) is 19.0 Å². The second-order valence-electron chi connectivity index (χ2n) is 5.67. The molecule has 2 rings (SSSR count). The van der Waals surface area contributed by atoms with Gasteiger partial charge in [0.05, 0.1) is 20.6 Å². The highest BCUT2D eigenvalue weighted by molar-refractivity contribution is 6.48. The van der Waals surface area contributed by atoms with E-state index in [2.05, 4.69) is 0 Å². The molecule has 0 spiro atoms. The number of hydrogen-bond donors (Lipinski definition) is 1. The second kappa shape index (κ2) is 8.09. The molecule has 1 N–H and O–H groups in total. The number of allylic oxidation sites excluding steroid dienone is 1. The number of carbonyl (C=O) groups is 1. The van der Waals surface area contributed by atoms with Gasteiger partial charge in [-0.05, 0) is 48.4 Å². The molecule has 0 heterocycles. The zero-order chi connectivity index (χ0) is 20.5. The van der Waals surface area contributed by atoms with Gasteiger partial charge in [0.1, 0.15) is 11.7 Å². The summed E-state index contributed by atoms with van der Waals surface area (Å²) in [4.78, 5) is 11.0. The number of alkyl halides is 3. The zero-order valence-corrected chi connectivity index (χ0v) is 15.8. The molecule has 1 atom stereocenters. The third-order valence-electron chi connectivity index (χ3n) is 3.76. The minimum absolute atomic E-state index is 0.0739. The van der Waals surface area contributed by atoms with E-state index in [0.29, 0.717) is 6.08 Å². The Morgan fingerprint density at radius 2 is 1.67 bits per heavy atom. The number of hydrogen-bond acceptors (Lipinski definition) is 1. The van der Waals surface area contributed by atoms with Gasteiger partial charge in [0, 0.05) is 5.56 Å². The smallest absolute Gasteiger partial charge is 0.399 e. The number of carboxylic acids is 1. The van der Waals surface area contributed by atoms with Gasteiger partial charge in [0.25, 0.3) is 0 Å². The quantitative estimate of drug-likeness (QED) is 0.399. The maximum absolute atomic E-state index is 14.5. The maximum Gasteiger partial charge on any atom is 0.399 e. The molecule has 9 heteroatoms. The van der Waals surface area contributed by atoms with Crippen molar-refractivity contribution >= 4 is 46.6 Å². The van der Waals surface area contributed by atoms with Crippen LogP contribution in [-0.4, -0.2) is 17.3 Å². The molecule has 27 heavy (non-hydrogen) atoms. The normalized spacial score (nSPS) is 13.6. The summed E-state index contributed by atoms with van der Waals surface area (Å²) in [5, 5.41) is 8.49. The zero-order valence-electron chi connectivity index (χ0n) is 13.5. The Balaban J connectivity index is 2.53. The number of benzene rings is 2. The van der Waals surface area contributed by atoms with Crippen LogP contribution in [0.25, 0.3) is 5.83 Å². The molecule has 0 fully saturated rings. The van der Waals surface area contributed by atoms with Crippen LogP contribution >= 0.6 is 34.8 Å². The van der Waals surface area contributed by atoms with Gasteiger partial charge < -0.3 is 5.11 Å². The maximum atomic E-state index is 14.5. The largest absolute Gasteiger partial charge is 0.478 e. The summed E-state index contributed by atoms with van der Waals surface area (Å²) >= 11 is 17.3. The number of rotatable bonds is 4. The van der Waals surface area contributed by atoms with Crippen molar-refractivity contribution in [2.24, 2.45) is 0 Å². The number of carboxylic acid groups (broad SMARTS) is 1. The molecule has 0 saturated heterocycles. The molecule has 0 radical (unpaired) electrons. The van der Waals surface area contributed by atoms with Crippen molar-refractivity contribution < 1.29 is 27.5 Å². The fraction of sp³-hybridized carbons (Fsp3) is 0.167. The first-order valence-corrected chi connectivity index (χ1v) is 8.48. The van der Waals surface area contributed by atoms with Crippen molar-refractivity contribution in [1.29, 1.82) is 0 Å². The Labute approximate surface area is 167 Å². The van der Waals surface area contributed by atoms with Crippen LogP contribution in [0.2, 0.25) is 15.1 Å². The molecule has 2 aromatic carbocycles. The predicted octanol–water partition coefficient (Wildman–Crippen LogP) is 7.31. The van der Waals surface area contributed by atoms with Gasteiger partial charge in [-0.3, -0.25) is 0 Å². The molecule has 0 aliphatic rings. The van der Waals surface area contributed by atoms with E-state index in [9.17, 15) is 22.4 Å². The van der Waals surface area contributed by atoms with Gasteiger partial charge in [0.15, 0.2) is 0 Å². The predicted molar refractivity (Wildman–Crippen MR) is 97.5 cm³/mol. The van der Waals surface area contributed by atoms with Crippen LogP contribution in [-0.2, 0) is 0 Å². The summed E-state index contributed by atoms with van der Waals surface area (Å²) in [5.41, 5.74) is -0.422. The van der Waals surface area contributed by atoms with Gasteiger partial charge in [-0.1, -0.05) is 40.9 Å². The van der Waals surface area contributed by atoms with E-state index in [1.165, 1.54) is 6.92 Å². The fourth-order valence-corrected chi connectivity index (χ4v) is 3.04. The van der Waals surface area contributed by atoms with Crippen molar-refractivity contribution in [3.05, 3.63) is 73.7 Å². The van der Waals surface area contributed by atoms with E-state index in [0.717, 1.165) is 30.3 Å². The average molecular weight is 442 g/mol. The average Bonchev–Trinajstić information content (AvgIpc) is 2.55. The lowest BCUT2D eigenvalue weighted by Gasteiger charge is -2.19. The molecule has 0 amide bonds. The van der Waals surface area contributed by atoms with E-state index < -0.39 is 23.9 Å². The molecule has 0 saturated carbocycles. The number of halogens is 7. The second-order valence-corrected chi connectivity index (χ2v) is 6.86. The van der Waals surface area contributed by atoms with Crippen LogP contribution in [0.15, 0.2) is 36.4 Å². The molecule has 0 aromatic heterocycles. The molecule has 0 aliphatic heterocycles. The Kier molecular flexibility index (Phi) is 6.45. The van der Waals surface area contributed by atoms with Gasteiger partial charge in [-0.2, -0.15) is 13.2 Å². The van der Waals surface area contributed by atoms with Gasteiger partial charge in [0.2, 0.25) is 0 Å². The van der Waals surface area contributed by atoms with Crippen LogP contribution < -0.4 is 0 Å². The highest BCUT2D eigenvalue weighted by Gasteiger charge is 2.40. The molecule has 2 nitrogen and oxygen atoms in total. The molecule has 0 aliphatic carbocycles. The van der Waals surface area contributed by atoms with Gasteiger partial charge in [-0.15, -0.1) is 0 Å². The van der Waals surface area contributed by atoms with Crippen LogP contribution in [0, 0.1) is 6.92 Å². The molecular weight excluding hydrogens is 431 g/mol. The lowest BCUT2D eigenvalue weighted by atomic mass is 9.96. The minimum Gasteiger partial charge on any atom is -0.478 e. The first-order valence-electron chi connectivity index (χ1n) is 7.34. The standard InChI is InChI=1S/C18H11Cl3F4O2/c1-8-4-9(2-3-11(8)17(26)27)15(22)7-12(18(23,24)25)10-5-13(19)16(21)14(20)6-10/h2-7,12H,1H3,(H,26,27). The van der Waals surface area contributed by atoms with Crippen LogP contribution in [0.5, 0.6) is 0 Å². The van der Waals surface area contributed by atoms with Crippen LogP contribution in [0.1, 0.15) is 33.0 Å². The molecular formula is C18H11Cl3F4O2. The summed E-state index contributed by atoms with van der Waals surface area (Å²) in [7, 11) is 0. The lowest BCUT2D eigenvalue weighted by molar-refractivity contribution is -0.139. The number of aryl methyl sites for hydroxylation is 1. The Morgan fingerprint density at radius 1 is 1.11 bits per heavy atom. The van der Waals surface area contributed by atoms with E-state index in [1.807, 2.05) is 0 Å². The number of aromatic carboxylic acids is 1. The van der Waals surface area contributed by atoms with Gasteiger partial charge in [-0.25, -0.2) is 9.18 Å². The molecule has 0 bridgehead atoms. The van der Waals surface area contributed by atoms with Crippen molar-refractivity contribution in [3.63, 3.8) is 0 Å². The Bertz CT molecular complexity index is 900. The Morgan fingerprint density at radius 3 is 2.11 bits per heavy atom. The van der Waals surface area contributed by atoms with E-state index in [4.69, 9.17) is 39.9 Å². The van der Waals surface area contributed by atoms with Crippen LogP contribution in [0.3, 0.4) is 0 Å². The first kappa shape index (κ1) is 21.5.